The van der Waals surface area contributed by atoms with Gasteiger partial charge in [-0.2, -0.15) is 0 Å². The minimum absolute atomic E-state index is 0.0122. The van der Waals surface area contributed by atoms with Crippen LogP contribution in [0.3, 0.4) is 0 Å². The number of benzene rings is 1. The molecule has 0 amide bonds. The SMILES string of the molecule is CC1(N)CCC(c2cccc(N)c2C=N)CC1. The van der Waals surface area contributed by atoms with Crippen LogP contribution in [0.15, 0.2) is 18.2 Å². The normalized spacial score (nSPS) is 28.9. The summed E-state index contributed by atoms with van der Waals surface area (Å²) in [6, 6.07) is 5.94. The number of nitrogens with one attached hydrogen (secondary N) is 1. The molecule has 1 aliphatic rings. The Hall–Kier alpha value is -1.35. The highest BCUT2D eigenvalue weighted by Crippen LogP contribution is 2.38. The lowest BCUT2D eigenvalue weighted by Gasteiger charge is -2.35. The van der Waals surface area contributed by atoms with Crippen molar-refractivity contribution in [2.45, 2.75) is 44.1 Å². The Morgan fingerprint density at radius 1 is 1.35 bits per heavy atom. The molecule has 1 aliphatic carbocycles. The van der Waals surface area contributed by atoms with Crippen LogP contribution in [-0.4, -0.2) is 11.8 Å². The van der Waals surface area contributed by atoms with Crippen molar-refractivity contribution in [3.8, 4) is 0 Å². The van der Waals surface area contributed by atoms with Gasteiger partial charge in [0.1, 0.15) is 0 Å². The highest BCUT2D eigenvalue weighted by molar-refractivity contribution is 5.87. The van der Waals surface area contributed by atoms with Crippen LogP contribution >= 0.6 is 0 Å². The van der Waals surface area contributed by atoms with Crippen molar-refractivity contribution >= 4 is 11.9 Å². The van der Waals surface area contributed by atoms with E-state index in [4.69, 9.17) is 16.9 Å². The molecule has 5 N–H and O–H groups in total. The van der Waals surface area contributed by atoms with E-state index in [1.54, 1.807) is 0 Å². The van der Waals surface area contributed by atoms with Crippen molar-refractivity contribution < 1.29 is 0 Å². The quantitative estimate of drug-likeness (QED) is 0.540. The molecule has 1 fully saturated rings. The molecule has 0 aromatic heterocycles. The highest BCUT2D eigenvalue weighted by Gasteiger charge is 2.29. The summed E-state index contributed by atoms with van der Waals surface area (Å²) in [5.74, 6) is 0.506. The minimum Gasteiger partial charge on any atom is -0.398 e. The Bertz CT molecular complexity index is 413. The molecule has 1 saturated carbocycles. The Morgan fingerprint density at radius 3 is 2.59 bits per heavy atom. The van der Waals surface area contributed by atoms with Gasteiger partial charge in [0, 0.05) is 23.0 Å². The van der Waals surface area contributed by atoms with E-state index < -0.39 is 0 Å². The third kappa shape index (κ3) is 2.50. The van der Waals surface area contributed by atoms with E-state index in [-0.39, 0.29) is 5.54 Å². The van der Waals surface area contributed by atoms with Gasteiger partial charge in [0.2, 0.25) is 0 Å². The van der Waals surface area contributed by atoms with Crippen LogP contribution in [0.25, 0.3) is 0 Å². The fourth-order valence-corrected chi connectivity index (χ4v) is 2.71. The Kier molecular flexibility index (Phi) is 3.20. The molecule has 0 bridgehead atoms. The molecule has 0 atom stereocenters. The number of nitrogen functional groups attached to an aromatic ring is 1. The van der Waals surface area contributed by atoms with Gasteiger partial charge in [-0.15, -0.1) is 0 Å². The average molecular weight is 231 g/mol. The number of nitrogens with two attached hydrogens (primary N) is 2. The van der Waals surface area contributed by atoms with Gasteiger partial charge < -0.3 is 16.9 Å². The Morgan fingerprint density at radius 2 is 2.00 bits per heavy atom. The summed E-state index contributed by atoms with van der Waals surface area (Å²) in [6.07, 6.45) is 5.66. The van der Waals surface area contributed by atoms with Crippen molar-refractivity contribution in [1.29, 1.82) is 5.41 Å². The molecule has 0 spiro atoms. The van der Waals surface area contributed by atoms with Crippen LogP contribution in [-0.2, 0) is 0 Å². The summed E-state index contributed by atoms with van der Waals surface area (Å²) in [5, 5.41) is 7.49. The van der Waals surface area contributed by atoms with Crippen LogP contribution in [0.2, 0.25) is 0 Å². The molecule has 3 nitrogen and oxygen atoms in total. The smallest absolute Gasteiger partial charge is 0.0405 e. The first-order chi connectivity index (χ1) is 8.03. The third-order valence-corrected chi connectivity index (χ3v) is 3.89. The fraction of sp³-hybridized carbons (Fsp3) is 0.500. The molecule has 0 saturated heterocycles. The topological polar surface area (TPSA) is 75.9 Å². The molecule has 3 heteroatoms. The van der Waals surface area contributed by atoms with E-state index in [0.29, 0.717) is 11.6 Å². The third-order valence-electron chi connectivity index (χ3n) is 3.89. The second-order valence-electron chi connectivity index (χ2n) is 5.42. The fourth-order valence-electron chi connectivity index (χ4n) is 2.71. The zero-order chi connectivity index (χ0) is 12.5. The number of hydrogen-bond donors (Lipinski definition) is 3. The summed E-state index contributed by atoms with van der Waals surface area (Å²) >= 11 is 0. The molecule has 0 unspecified atom stereocenters. The highest BCUT2D eigenvalue weighted by atomic mass is 14.7. The standard InChI is InChI=1S/C14H21N3/c1-14(17)7-5-10(6-8-14)11-3-2-4-13(16)12(11)9-15/h2-4,9-10,15H,5-8,16-17H2,1H3. The summed E-state index contributed by atoms with van der Waals surface area (Å²) in [4.78, 5) is 0. The molecule has 0 heterocycles. The predicted molar refractivity (Wildman–Crippen MR) is 72.5 cm³/mol. The van der Waals surface area contributed by atoms with Crippen LogP contribution in [0.5, 0.6) is 0 Å². The molecule has 0 aliphatic heterocycles. The minimum atomic E-state index is -0.0122. The largest absolute Gasteiger partial charge is 0.398 e. The van der Waals surface area contributed by atoms with Gasteiger partial charge in [-0.05, 0) is 50.2 Å². The van der Waals surface area contributed by atoms with E-state index in [0.717, 1.165) is 31.2 Å². The number of rotatable bonds is 2. The molecule has 1 aromatic rings. The lowest BCUT2D eigenvalue weighted by molar-refractivity contribution is 0.295. The van der Waals surface area contributed by atoms with E-state index in [1.807, 2.05) is 12.1 Å². The van der Waals surface area contributed by atoms with Crippen molar-refractivity contribution in [2.24, 2.45) is 5.73 Å². The average Bonchev–Trinajstić information content (AvgIpc) is 2.29. The maximum atomic E-state index is 7.49. The van der Waals surface area contributed by atoms with Gasteiger partial charge in [0.05, 0.1) is 0 Å². The van der Waals surface area contributed by atoms with Gasteiger partial charge in [-0.3, -0.25) is 0 Å². The van der Waals surface area contributed by atoms with Crippen molar-refractivity contribution in [2.75, 3.05) is 5.73 Å². The first-order valence-corrected chi connectivity index (χ1v) is 6.21. The first kappa shape index (κ1) is 12.1. The lowest BCUT2D eigenvalue weighted by Crippen LogP contribution is -2.39. The van der Waals surface area contributed by atoms with Gasteiger partial charge in [0.25, 0.3) is 0 Å². The van der Waals surface area contributed by atoms with Gasteiger partial charge >= 0.3 is 0 Å². The second-order valence-corrected chi connectivity index (χ2v) is 5.42. The Balaban J connectivity index is 2.24. The maximum Gasteiger partial charge on any atom is 0.0405 e. The first-order valence-electron chi connectivity index (χ1n) is 6.21. The zero-order valence-corrected chi connectivity index (χ0v) is 10.4. The van der Waals surface area contributed by atoms with E-state index >= 15 is 0 Å². The lowest BCUT2D eigenvalue weighted by atomic mass is 9.74. The van der Waals surface area contributed by atoms with Crippen molar-refractivity contribution in [3.05, 3.63) is 29.3 Å². The van der Waals surface area contributed by atoms with Crippen LogP contribution in [0, 0.1) is 5.41 Å². The van der Waals surface area contributed by atoms with Gasteiger partial charge in [0.15, 0.2) is 0 Å². The second kappa shape index (κ2) is 4.49. The van der Waals surface area contributed by atoms with Crippen LogP contribution in [0.1, 0.15) is 49.7 Å². The number of anilines is 1. The molecular weight excluding hydrogens is 210 g/mol. The monoisotopic (exact) mass is 231 g/mol. The van der Waals surface area contributed by atoms with Gasteiger partial charge in [-0.1, -0.05) is 12.1 Å². The Labute approximate surface area is 103 Å². The van der Waals surface area contributed by atoms with E-state index in [9.17, 15) is 0 Å². The number of hydrogen-bond acceptors (Lipinski definition) is 3. The molecule has 2 rings (SSSR count). The van der Waals surface area contributed by atoms with E-state index in [2.05, 4.69) is 13.0 Å². The molecule has 0 radical (unpaired) electrons. The summed E-state index contributed by atoms with van der Waals surface area (Å²) in [7, 11) is 0. The summed E-state index contributed by atoms with van der Waals surface area (Å²) in [6.45, 7) is 2.13. The maximum absolute atomic E-state index is 7.49. The van der Waals surface area contributed by atoms with Gasteiger partial charge in [-0.25, -0.2) is 0 Å². The summed E-state index contributed by atoms with van der Waals surface area (Å²) < 4.78 is 0. The zero-order valence-electron chi connectivity index (χ0n) is 10.4. The van der Waals surface area contributed by atoms with Crippen molar-refractivity contribution in [3.63, 3.8) is 0 Å². The summed E-state index contributed by atoms with van der Waals surface area (Å²) in [5.41, 5.74) is 14.9. The van der Waals surface area contributed by atoms with Crippen LogP contribution < -0.4 is 11.5 Å². The molecular formula is C14H21N3. The predicted octanol–water partition coefficient (Wildman–Crippen LogP) is 2.64. The van der Waals surface area contributed by atoms with Crippen molar-refractivity contribution in [1.82, 2.24) is 0 Å². The molecule has 17 heavy (non-hydrogen) atoms. The van der Waals surface area contributed by atoms with Crippen LogP contribution in [0.4, 0.5) is 5.69 Å². The molecule has 92 valence electrons. The molecule has 1 aromatic carbocycles. The van der Waals surface area contributed by atoms with E-state index in [1.165, 1.54) is 11.8 Å².